The van der Waals surface area contributed by atoms with Gasteiger partial charge in [0.25, 0.3) is 0 Å². The summed E-state index contributed by atoms with van der Waals surface area (Å²) in [5.41, 5.74) is 2.80. The summed E-state index contributed by atoms with van der Waals surface area (Å²) in [5.74, 6) is 1.44. The molecule has 0 radical (unpaired) electrons. The first-order valence-corrected chi connectivity index (χ1v) is 5.72. The third-order valence-electron chi connectivity index (χ3n) is 2.99. The van der Waals surface area contributed by atoms with E-state index in [1.54, 1.807) is 13.3 Å². The molecule has 90 valence electrons. The van der Waals surface area contributed by atoms with Gasteiger partial charge in [0.2, 0.25) is 5.90 Å². The van der Waals surface area contributed by atoms with Crippen molar-refractivity contribution >= 4 is 23.1 Å². The van der Waals surface area contributed by atoms with Crippen LogP contribution in [-0.4, -0.2) is 25.0 Å². The van der Waals surface area contributed by atoms with Gasteiger partial charge in [0.05, 0.1) is 24.0 Å². The molecule has 1 aliphatic rings. The molecule has 0 fully saturated rings. The van der Waals surface area contributed by atoms with Crippen molar-refractivity contribution in [3.63, 3.8) is 0 Å². The van der Waals surface area contributed by atoms with Crippen LogP contribution in [-0.2, 0) is 4.74 Å². The molecule has 4 heteroatoms. The van der Waals surface area contributed by atoms with Gasteiger partial charge in [0, 0.05) is 13.2 Å². The molecule has 0 bridgehead atoms. The van der Waals surface area contributed by atoms with E-state index in [0.29, 0.717) is 5.90 Å². The molecule has 3 rings (SSSR count). The second-order valence-electron chi connectivity index (χ2n) is 4.04. The molecule has 0 unspecified atom stereocenters. The second-order valence-corrected chi connectivity index (χ2v) is 4.04. The summed E-state index contributed by atoms with van der Waals surface area (Å²) in [6, 6.07) is 11.8. The fourth-order valence-corrected chi connectivity index (χ4v) is 2.11. The third-order valence-corrected chi connectivity index (χ3v) is 2.99. The molecule has 0 saturated carbocycles. The van der Waals surface area contributed by atoms with Gasteiger partial charge in [0.15, 0.2) is 0 Å². The van der Waals surface area contributed by atoms with Crippen molar-refractivity contribution in [3.05, 3.63) is 48.2 Å². The van der Waals surface area contributed by atoms with Gasteiger partial charge in [-0.1, -0.05) is 12.1 Å². The minimum atomic E-state index is 0.592. The van der Waals surface area contributed by atoms with Crippen LogP contribution in [0.3, 0.4) is 0 Å². The molecule has 0 saturated heterocycles. The summed E-state index contributed by atoms with van der Waals surface area (Å²) < 4.78 is 5.39. The van der Waals surface area contributed by atoms with Crippen molar-refractivity contribution in [2.75, 3.05) is 19.1 Å². The zero-order chi connectivity index (χ0) is 12.5. The maximum Gasteiger partial charge on any atom is 0.224 e. The Bertz CT molecular complexity index is 622. The number of pyridine rings is 1. The summed E-state index contributed by atoms with van der Waals surface area (Å²) in [6.07, 6.45) is 1.77. The van der Waals surface area contributed by atoms with Crippen LogP contribution in [0.5, 0.6) is 0 Å². The average molecular weight is 239 g/mol. The first-order chi connectivity index (χ1) is 8.81. The summed E-state index contributed by atoms with van der Waals surface area (Å²) in [4.78, 5) is 11.0. The number of rotatable bonds is 0. The van der Waals surface area contributed by atoms with E-state index >= 15 is 0 Å². The van der Waals surface area contributed by atoms with Crippen molar-refractivity contribution < 1.29 is 4.74 Å². The number of aromatic nitrogens is 1. The zero-order valence-electron chi connectivity index (χ0n) is 10.3. The maximum atomic E-state index is 5.39. The van der Waals surface area contributed by atoms with Crippen LogP contribution < -0.4 is 4.90 Å². The quantitative estimate of drug-likeness (QED) is 0.709. The molecule has 0 amide bonds. The third kappa shape index (κ3) is 1.54. The van der Waals surface area contributed by atoms with Crippen LogP contribution in [0.1, 0.15) is 5.56 Å². The van der Waals surface area contributed by atoms with Crippen LogP contribution in [0.2, 0.25) is 0 Å². The van der Waals surface area contributed by atoms with Gasteiger partial charge >= 0.3 is 0 Å². The molecular weight excluding hydrogens is 226 g/mol. The van der Waals surface area contributed by atoms with E-state index in [-0.39, 0.29) is 0 Å². The topological polar surface area (TPSA) is 37.7 Å². The average Bonchev–Trinajstić information content (AvgIpc) is 2.55. The molecule has 0 spiro atoms. The molecule has 2 aromatic rings. The minimum Gasteiger partial charge on any atom is -0.480 e. The van der Waals surface area contributed by atoms with Gasteiger partial charge < -0.3 is 9.64 Å². The van der Waals surface area contributed by atoms with Crippen LogP contribution in [0.25, 0.3) is 0 Å². The van der Waals surface area contributed by atoms with Gasteiger partial charge in [0.1, 0.15) is 5.82 Å². The Kier molecular flexibility index (Phi) is 2.48. The number of anilines is 2. The lowest BCUT2D eigenvalue weighted by Crippen LogP contribution is -2.14. The Morgan fingerprint density at radius 3 is 2.78 bits per heavy atom. The van der Waals surface area contributed by atoms with E-state index in [9.17, 15) is 0 Å². The standard InChI is InChI=1S/C14H13N3O/c1-17-12-8-4-3-7-11(12)16-14(18-2)10-6-5-9-15-13(10)17/h3-9H,1-2H3. The Balaban J connectivity index is 2.31. The van der Waals surface area contributed by atoms with E-state index in [0.717, 1.165) is 22.8 Å². The zero-order valence-corrected chi connectivity index (χ0v) is 10.3. The van der Waals surface area contributed by atoms with E-state index in [4.69, 9.17) is 4.74 Å². The highest BCUT2D eigenvalue weighted by molar-refractivity contribution is 6.03. The van der Waals surface area contributed by atoms with E-state index < -0.39 is 0 Å². The number of aliphatic imine (C=N–C) groups is 1. The lowest BCUT2D eigenvalue weighted by atomic mass is 10.2. The molecule has 1 aromatic carbocycles. The minimum absolute atomic E-state index is 0.592. The molecular formula is C14H13N3O. The van der Waals surface area contributed by atoms with Crippen molar-refractivity contribution in [1.29, 1.82) is 0 Å². The maximum absolute atomic E-state index is 5.39. The summed E-state index contributed by atoms with van der Waals surface area (Å²) in [6.45, 7) is 0. The number of nitrogens with zero attached hydrogens (tertiary/aromatic N) is 3. The first kappa shape index (κ1) is 10.8. The van der Waals surface area contributed by atoms with Gasteiger partial charge in [-0.3, -0.25) is 0 Å². The molecule has 2 heterocycles. The summed E-state index contributed by atoms with van der Waals surface area (Å²) >= 11 is 0. The second kappa shape index (κ2) is 4.14. The number of fused-ring (bicyclic) bond motifs is 2. The van der Waals surface area contributed by atoms with E-state index in [1.165, 1.54) is 0 Å². The smallest absolute Gasteiger partial charge is 0.224 e. The molecule has 0 aliphatic carbocycles. The molecule has 0 N–H and O–H groups in total. The summed E-state index contributed by atoms with van der Waals surface area (Å²) in [7, 11) is 3.61. The van der Waals surface area contributed by atoms with Gasteiger partial charge in [-0.2, -0.15) is 0 Å². The number of methoxy groups -OCH3 is 1. The van der Waals surface area contributed by atoms with E-state index in [1.807, 2.05) is 48.3 Å². The van der Waals surface area contributed by atoms with Crippen LogP contribution >= 0.6 is 0 Å². The van der Waals surface area contributed by atoms with Gasteiger partial charge in [-0.15, -0.1) is 0 Å². The lowest BCUT2D eigenvalue weighted by molar-refractivity contribution is 0.405. The first-order valence-electron chi connectivity index (χ1n) is 5.72. The van der Waals surface area contributed by atoms with Crippen LogP contribution in [0.4, 0.5) is 17.2 Å². The largest absolute Gasteiger partial charge is 0.480 e. The van der Waals surface area contributed by atoms with Crippen molar-refractivity contribution in [3.8, 4) is 0 Å². The SMILES string of the molecule is COC1=Nc2ccccc2N(C)c2ncccc21. The van der Waals surface area contributed by atoms with Crippen molar-refractivity contribution in [2.45, 2.75) is 0 Å². The van der Waals surface area contributed by atoms with Crippen LogP contribution in [0, 0.1) is 0 Å². The van der Waals surface area contributed by atoms with Crippen LogP contribution in [0.15, 0.2) is 47.6 Å². The monoisotopic (exact) mass is 239 g/mol. The fourth-order valence-electron chi connectivity index (χ4n) is 2.11. The Labute approximate surface area is 106 Å². The van der Waals surface area contributed by atoms with Crippen molar-refractivity contribution in [1.82, 2.24) is 4.98 Å². The van der Waals surface area contributed by atoms with Gasteiger partial charge in [-0.25, -0.2) is 9.98 Å². The Morgan fingerprint density at radius 2 is 1.94 bits per heavy atom. The number of hydrogen-bond acceptors (Lipinski definition) is 4. The number of para-hydroxylation sites is 2. The highest BCUT2D eigenvalue weighted by atomic mass is 16.5. The molecule has 1 aromatic heterocycles. The van der Waals surface area contributed by atoms with Crippen molar-refractivity contribution in [2.24, 2.45) is 4.99 Å². The van der Waals surface area contributed by atoms with Gasteiger partial charge in [-0.05, 0) is 24.3 Å². The number of hydrogen-bond donors (Lipinski definition) is 0. The molecule has 0 atom stereocenters. The Hall–Kier alpha value is -2.36. The predicted molar refractivity (Wildman–Crippen MR) is 71.9 cm³/mol. The molecule has 4 nitrogen and oxygen atoms in total. The molecule has 18 heavy (non-hydrogen) atoms. The number of ether oxygens (including phenoxy) is 1. The molecule has 1 aliphatic heterocycles. The predicted octanol–water partition coefficient (Wildman–Crippen LogP) is 2.89. The fraction of sp³-hybridized carbons (Fsp3) is 0.143. The van der Waals surface area contributed by atoms with E-state index in [2.05, 4.69) is 9.98 Å². The number of benzene rings is 1. The summed E-state index contributed by atoms with van der Waals surface area (Å²) in [5, 5.41) is 0. The Morgan fingerprint density at radius 1 is 1.11 bits per heavy atom. The highest BCUT2D eigenvalue weighted by Gasteiger charge is 2.21. The lowest BCUT2D eigenvalue weighted by Gasteiger charge is -2.19. The highest BCUT2D eigenvalue weighted by Crippen LogP contribution is 2.36. The normalized spacial score (nSPS) is 13.2.